The lowest BCUT2D eigenvalue weighted by molar-refractivity contribution is -0.154. The largest absolute Gasteiger partial charge is 0.448 e. The first-order valence-electron chi connectivity index (χ1n) is 13.0. The number of ether oxygens (including phenoxy) is 1. The molecule has 0 aliphatic carbocycles. The van der Waals surface area contributed by atoms with E-state index in [0.29, 0.717) is 15.0 Å². The predicted molar refractivity (Wildman–Crippen MR) is 169 cm³/mol. The number of hydrogen-bond acceptors (Lipinski definition) is 14. The van der Waals surface area contributed by atoms with Crippen molar-refractivity contribution in [1.29, 1.82) is 0 Å². The maximum Gasteiger partial charge on any atom is 0.356 e. The van der Waals surface area contributed by atoms with Gasteiger partial charge in [0, 0.05) is 16.0 Å². The van der Waals surface area contributed by atoms with Crippen LogP contribution in [0.25, 0.3) is 0 Å². The quantitative estimate of drug-likeness (QED) is 0.110. The molecule has 2 amide bonds. The van der Waals surface area contributed by atoms with Crippen molar-refractivity contribution in [3.05, 3.63) is 99.0 Å². The van der Waals surface area contributed by atoms with Crippen LogP contribution in [0.1, 0.15) is 22.9 Å². The fraction of sp³-hybridized carbons (Fsp3) is 0.179. The molecule has 6 rings (SSSR count). The molecule has 3 N–H and O–H groups in total. The Hall–Kier alpha value is -4.25. The first-order valence-corrected chi connectivity index (χ1v) is 16.6. The van der Waals surface area contributed by atoms with Crippen molar-refractivity contribution < 1.29 is 24.0 Å². The Morgan fingerprint density at radius 3 is 2.41 bits per heavy atom. The van der Waals surface area contributed by atoms with Crippen molar-refractivity contribution >= 4 is 74.8 Å². The summed E-state index contributed by atoms with van der Waals surface area (Å²) in [5.74, 6) is -1.43. The molecule has 4 aromatic rings. The van der Waals surface area contributed by atoms with Crippen molar-refractivity contribution in [3.8, 4) is 0 Å². The summed E-state index contributed by atoms with van der Waals surface area (Å²) >= 11 is 5.13. The Morgan fingerprint density at radius 1 is 1.11 bits per heavy atom. The van der Waals surface area contributed by atoms with Crippen LogP contribution in [0.15, 0.2) is 91.7 Å². The normalized spacial score (nSPS) is 18.1. The molecular formula is C28H23N7O5S4. The maximum absolute atomic E-state index is 14.1. The number of rotatable bonds is 10. The van der Waals surface area contributed by atoms with Gasteiger partial charge in [0.2, 0.25) is 0 Å². The van der Waals surface area contributed by atoms with Crippen LogP contribution in [0.4, 0.5) is 5.13 Å². The smallest absolute Gasteiger partial charge is 0.356 e. The number of esters is 1. The number of oxime groups is 1. The van der Waals surface area contributed by atoms with Crippen molar-refractivity contribution in [2.45, 2.75) is 21.9 Å². The van der Waals surface area contributed by atoms with Crippen molar-refractivity contribution in [2.24, 2.45) is 5.16 Å². The number of anilines is 1. The molecule has 2 aromatic heterocycles. The number of thioether (sulfide) groups is 2. The monoisotopic (exact) mass is 665 g/mol. The van der Waals surface area contributed by atoms with Gasteiger partial charge < -0.3 is 20.6 Å². The van der Waals surface area contributed by atoms with Crippen LogP contribution >= 0.6 is 46.2 Å². The van der Waals surface area contributed by atoms with Crippen LogP contribution in [-0.2, 0) is 24.0 Å². The van der Waals surface area contributed by atoms with Crippen LogP contribution in [0.5, 0.6) is 0 Å². The Kier molecular flexibility index (Phi) is 8.92. The molecule has 4 heterocycles. The zero-order valence-corrected chi connectivity index (χ0v) is 26.1. The van der Waals surface area contributed by atoms with Crippen molar-refractivity contribution in [1.82, 2.24) is 25.4 Å². The summed E-state index contributed by atoms with van der Waals surface area (Å²) in [4.78, 5) is 51.9. The summed E-state index contributed by atoms with van der Waals surface area (Å²) in [5, 5.41) is 15.8. The molecule has 1 saturated heterocycles. The number of nitrogen functional groups attached to an aromatic ring is 1. The van der Waals surface area contributed by atoms with E-state index in [-0.39, 0.29) is 22.2 Å². The highest BCUT2D eigenvalue weighted by atomic mass is 32.2. The number of nitrogens with one attached hydrogen (secondary N) is 1. The molecular weight excluding hydrogens is 643 g/mol. The van der Waals surface area contributed by atoms with E-state index in [1.807, 2.05) is 60.7 Å². The highest BCUT2D eigenvalue weighted by molar-refractivity contribution is 8.07. The fourth-order valence-corrected chi connectivity index (χ4v) is 8.28. The molecule has 1 fully saturated rings. The number of nitrogens with zero attached hydrogens (tertiary/aromatic N) is 5. The molecule has 0 saturated carbocycles. The third-order valence-corrected chi connectivity index (χ3v) is 10.6. The zero-order chi connectivity index (χ0) is 30.6. The summed E-state index contributed by atoms with van der Waals surface area (Å²) < 4.78 is 6.79. The number of β-lactam (4-membered cyclic amide) rings is 1. The SMILES string of the molecule is CON=C(C(=O)N[C@@H]1C(=O)N2C(C(=O)OC(c3ccccc3)c3ccccc3)=C(Sc3nncs3)CS[C@@H]12)c1csc(N)n1. The molecule has 0 bridgehead atoms. The molecule has 2 aliphatic heterocycles. The molecule has 2 aromatic carbocycles. The van der Waals surface area contributed by atoms with Crippen molar-refractivity contribution in [3.63, 3.8) is 0 Å². The van der Waals surface area contributed by atoms with Gasteiger partial charge in [-0.2, -0.15) is 0 Å². The standard InChI is InChI=1S/C28H23N7O5S4/c1-39-34-19(17-12-42-27(29)31-17)23(36)32-20-24(37)35-21(18(13-41-25(20)35)44-28-33-30-14-43-28)26(38)40-22(15-8-4-2-5-9-15)16-10-6-3-7-11-16/h2-12,14,20,22,25H,13H2,1H3,(H2,29,31)(H,32,36)/t20-,25+/m1/s1. The van der Waals surface area contributed by atoms with E-state index in [4.69, 9.17) is 15.3 Å². The molecule has 16 heteroatoms. The molecule has 44 heavy (non-hydrogen) atoms. The summed E-state index contributed by atoms with van der Waals surface area (Å²) in [6, 6.07) is 17.8. The van der Waals surface area contributed by atoms with E-state index in [1.165, 1.54) is 46.9 Å². The molecule has 0 unspecified atom stereocenters. The summed E-state index contributed by atoms with van der Waals surface area (Å²) in [6.45, 7) is 0. The lowest BCUT2D eigenvalue weighted by Crippen LogP contribution is -2.71. The average Bonchev–Trinajstić information content (AvgIpc) is 3.73. The summed E-state index contributed by atoms with van der Waals surface area (Å²) in [6.07, 6.45) is -0.719. The second kappa shape index (κ2) is 13.2. The van der Waals surface area contributed by atoms with E-state index in [0.717, 1.165) is 22.5 Å². The Balaban J connectivity index is 1.29. The van der Waals surface area contributed by atoms with Crippen LogP contribution < -0.4 is 11.1 Å². The molecule has 0 spiro atoms. The van der Waals surface area contributed by atoms with Crippen LogP contribution in [0.2, 0.25) is 0 Å². The third-order valence-electron chi connectivity index (χ3n) is 6.56. The highest BCUT2D eigenvalue weighted by Crippen LogP contribution is 2.46. The molecule has 2 aliphatic rings. The van der Waals surface area contributed by atoms with Gasteiger partial charge in [-0.3, -0.25) is 14.5 Å². The number of aromatic nitrogens is 3. The minimum Gasteiger partial charge on any atom is -0.448 e. The van der Waals surface area contributed by atoms with Gasteiger partial charge in [0.05, 0.1) is 0 Å². The molecule has 0 radical (unpaired) electrons. The number of fused-ring (bicyclic) bond motifs is 1. The van der Waals surface area contributed by atoms with Crippen molar-refractivity contribution in [2.75, 3.05) is 18.6 Å². The molecule has 2 atom stereocenters. The maximum atomic E-state index is 14.1. The van der Waals surface area contributed by atoms with Gasteiger partial charge >= 0.3 is 5.97 Å². The van der Waals surface area contributed by atoms with Crippen LogP contribution in [0, 0.1) is 0 Å². The lowest BCUT2D eigenvalue weighted by atomic mass is 10.0. The topological polar surface area (TPSA) is 162 Å². The number of hydrogen-bond donors (Lipinski definition) is 2. The van der Waals surface area contributed by atoms with Crippen LogP contribution in [-0.4, -0.2) is 67.9 Å². The van der Waals surface area contributed by atoms with E-state index >= 15 is 0 Å². The first kappa shape index (κ1) is 29.8. The van der Waals surface area contributed by atoms with Gasteiger partial charge in [0.25, 0.3) is 11.8 Å². The van der Waals surface area contributed by atoms with Gasteiger partial charge in [-0.15, -0.1) is 33.3 Å². The van der Waals surface area contributed by atoms with Gasteiger partial charge in [0.15, 0.2) is 21.3 Å². The fourth-order valence-electron chi connectivity index (χ4n) is 4.62. The van der Waals surface area contributed by atoms with E-state index < -0.39 is 35.3 Å². The first-order chi connectivity index (χ1) is 21.4. The number of thiazole rings is 1. The summed E-state index contributed by atoms with van der Waals surface area (Å²) in [7, 11) is 1.30. The van der Waals surface area contributed by atoms with E-state index in [1.54, 1.807) is 10.9 Å². The third kappa shape index (κ3) is 6.06. The van der Waals surface area contributed by atoms with E-state index in [2.05, 4.69) is 25.7 Å². The minimum atomic E-state index is -0.930. The van der Waals surface area contributed by atoms with E-state index in [9.17, 15) is 14.4 Å². The lowest BCUT2D eigenvalue weighted by Gasteiger charge is -2.49. The second-order valence-corrected chi connectivity index (χ2v) is 13.4. The average molecular weight is 666 g/mol. The Labute approximate surface area is 267 Å². The number of benzene rings is 2. The number of carbonyl (C=O) groups excluding carboxylic acids is 3. The number of amides is 2. The number of nitrogens with two attached hydrogens (primary N) is 1. The van der Waals surface area contributed by atoms with Gasteiger partial charge in [-0.1, -0.05) is 88.9 Å². The highest BCUT2D eigenvalue weighted by Gasteiger charge is 2.55. The van der Waals surface area contributed by atoms with Gasteiger partial charge in [-0.25, -0.2) is 9.78 Å². The van der Waals surface area contributed by atoms with Gasteiger partial charge in [-0.05, 0) is 11.1 Å². The van der Waals surface area contributed by atoms with Gasteiger partial charge in [0.1, 0.15) is 35.4 Å². The Morgan fingerprint density at radius 2 is 1.82 bits per heavy atom. The molecule has 224 valence electrons. The summed E-state index contributed by atoms with van der Waals surface area (Å²) in [5.41, 5.74) is 9.09. The predicted octanol–water partition coefficient (Wildman–Crippen LogP) is 3.66. The molecule has 12 nitrogen and oxygen atoms in total. The zero-order valence-electron chi connectivity index (χ0n) is 22.9. The number of carbonyl (C=O) groups is 3. The minimum absolute atomic E-state index is 0.111. The Bertz CT molecular complexity index is 1690. The second-order valence-electron chi connectivity index (χ2n) is 9.24. The van der Waals surface area contributed by atoms with Crippen LogP contribution in [0.3, 0.4) is 0 Å².